The summed E-state index contributed by atoms with van der Waals surface area (Å²) in [5, 5.41) is 0. The maximum Gasteiger partial charge on any atom is 0.124 e. The van der Waals surface area contributed by atoms with Gasteiger partial charge < -0.3 is 5.73 Å². The minimum Gasteiger partial charge on any atom is -0.328 e. The Morgan fingerprint density at radius 1 is 1.42 bits per heavy atom. The predicted molar refractivity (Wildman–Crippen MR) is 80.5 cm³/mol. The fourth-order valence-corrected chi connectivity index (χ4v) is 3.54. The number of hydrogen-bond acceptors (Lipinski definition) is 2. The Kier molecular flexibility index (Phi) is 4.98. The molecule has 1 fully saturated rings. The van der Waals surface area contributed by atoms with Crippen LogP contribution in [0.3, 0.4) is 0 Å². The molecule has 0 amide bonds. The van der Waals surface area contributed by atoms with E-state index in [1.54, 1.807) is 6.07 Å². The molecule has 0 bridgehead atoms. The fraction of sp³-hybridized carbons (Fsp3) is 0.600. The first-order valence-corrected chi connectivity index (χ1v) is 7.73. The lowest BCUT2D eigenvalue weighted by atomic mass is 9.90. The van der Waals surface area contributed by atoms with Crippen LogP contribution >= 0.6 is 15.9 Å². The Labute approximate surface area is 123 Å². The zero-order valence-corrected chi connectivity index (χ0v) is 13.2. The molecule has 1 aromatic carbocycles. The largest absolute Gasteiger partial charge is 0.328 e. The van der Waals surface area contributed by atoms with E-state index in [2.05, 4.69) is 34.7 Å². The molecule has 3 unspecified atom stereocenters. The number of hydrogen-bond donors (Lipinski definition) is 1. The zero-order valence-electron chi connectivity index (χ0n) is 11.6. The molecule has 0 saturated carbocycles. The van der Waals surface area contributed by atoms with E-state index < -0.39 is 0 Å². The summed E-state index contributed by atoms with van der Waals surface area (Å²) >= 11 is 3.47. The Balaban J connectivity index is 2.12. The van der Waals surface area contributed by atoms with Gasteiger partial charge in [0, 0.05) is 23.1 Å². The molecule has 106 valence electrons. The molecule has 1 aliphatic rings. The van der Waals surface area contributed by atoms with Gasteiger partial charge in [-0.3, -0.25) is 4.90 Å². The van der Waals surface area contributed by atoms with Gasteiger partial charge in [-0.2, -0.15) is 0 Å². The quantitative estimate of drug-likeness (QED) is 0.916. The molecule has 0 radical (unpaired) electrons. The molecule has 1 saturated heterocycles. The van der Waals surface area contributed by atoms with Crippen molar-refractivity contribution in [3.8, 4) is 0 Å². The van der Waals surface area contributed by atoms with Crippen LogP contribution in [0, 0.1) is 11.7 Å². The van der Waals surface area contributed by atoms with Gasteiger partial charge in [-0.1, -0.05) is 22.0 Å². The first kappa shape index (κ1) is 14.9. The van der Waals surface area contributed by atoms with Crippen molar-refractivity contribution >= 4 is 15.9 Å². The second-order valence-electron chi connectivity index (χ2n) is 5.60. The Morgan fingerprint density at radius 3 is 2.79 bits per heavy atom. The average Bonchev–Trinajstić information content (AvgIpc) is 2.38. The molecule has 4 heteroatoms. The molecule has 1 aliphatic heterocycles. The van der Waals surface area contributed by atoms with E-state index in [1.807, 2.05) is 6.07 Å². The summed E-state index contributed by atoms with van der Waals surface area (Å²) < 4.78 is 14.0. The molecule has 2 rings (SSSR count). The van der Waals surface area contributed by atoms with Crippen molar-refractivity contribution in [1.82, 2.24) is 4.90 Å². The topological polar surface area (TPSA) is 29.3 Å². The summed E-state index contributed by atoms with van der Waals surface area (Å²) in [6.45, 7) is 6.39. The lowest BCUT2D eigenvalue weighted by molar-refractivity contribution is 0.121. The summed E-state index contributed by atoms with van der Waals surface area (Å²) in [4.78, 5) is 2.45. The highest BCUT2D eigenvalue weighted by molar-refractivity contribution is 9.10. The first-order valence-electron chi connectivity index (χ1n) is 6.93. The Bertz CT molecular complexity index is 436. The van der Waals surface area contributed by atoms with Gasteiger partial charge in [-0.25, -0.2) is 4.39 Å². The molecule has 0 aliphatic carbocycles. The van der Waals surface area contributed by atoms with Crippen molar-refractivity contribution in [1.29, 1.82) is 0 Å². The van der Waals surface area contributed by atoms with E-state index in [0.29, 0.717) is 5.92 Å². The number of piperidine rings is 1. The van der Waals surface area contributed by atoms with Gasteiger partial charge in [0.2, 0.25) is 0 Å². The number of likely N-dealkylation sites (tertiary alicyclic amines) is 1. The smallest absolute Gasteiger partial charge is 0.124 e. The molecular weight excluding hydrogens is 307 g/mol. The van der Waals surface area contributed by atoms with Crippen molar-refractivity contribution in [2.24, 2.45) is 11.7 Å². The second kappa shape index (κ2) is 6.33. The minimum atomic E-state index is -0.199. The number of halogens is 2. The van der Waals surface area contributed by atoms with Gasteiger partial charge in [0.05, 0.1) is 0 Å². The van der Waals surface area contributed by atoms with Crippen molar-refractivity contribution in [2.45, 2.75) is 38.8 Å². The summed E-state index contributed by atoms with van der Waals surface area (Å²) in [7, 11) is 0. The molecule has 2 nitrogen and oxygen atoms in total. The van der Waals surface area contributed by atoms with Crippen molar-refractivity contribution in [2.75, 3.05) is 13.1 Å². The number of benzene rings is 1. The summed E-state index contributed by atoms with van der Waals surface area (Å²) in [5.74, 6) is 0.366. The third-order valence-electron chi connectivity index (χ3n) is 4.19. The lowest BCUT2D eigenvalue weighted by Crippen LogP contribution is -2.43. The highest BCUT2D eigenvalue weighted by atomic mass is 79.9. The standard InChI is InChI=1S/C15H22BrFN2/c1-10(18)12-4-3-7-19(9-12)11(2)14-6-5-13(17)8-15(14)16/h5-6,8,10-12H,3-4,7,9,18H2,1-2H3. The van der Waals surface area contributed by atoms with E-state index in [1.165, 1.54) is 18.9 Å². The summed E-state index contributed by atoms with van der Waals surface area (Å²) in [5.41, 5.74) is 7.18. The monoisotopic (exact) mass is 328 g/mol. The van der Waals surface area contributed by atoms with Gasteiger partial charge in [-0.15, -0.1) is 0 Å². The number of nitrogens with zero attached hydrogens (tertiary/aromatic N) is 1. The van der Waals surface area contributed by atoms with Crippen LogP contribution in [0.5, 0.6) is 0 Å². The van der Waals surface area contributed by atoms with Crippen LogP contribution in [-0.4, -0.2) is 24.0 Å². The maximum atomic E-state index is 13.2. The van der Waals surface area contributed by atoms with Crippen LogP contribution in [0.2, 0.25) is 0 Å². The summed E-state index contributed by atoms with van der Waals surface area (Å²) in [6, 6.07) is 5.48. The van der Waals surface area contributed by atoms with Crippen LogP contribution in [0.1, 0.15) is 38.3 Å². The van der Waals surface area contributed by atoms with E-state index in [4.69, 9.17) is 5.73 Å². The molecule has 1 aromatic rings. The number of nitrogens with two attached hydrogens (primary N) is 1. The minimum absolute atomic E-state index is 0.199. The molecule has 0 spiro atoms. The average molecular weight is 329 g/mol. The fourth-order valence-electron chi connectivity index (χ4n) is 2.86. The van der Waals surface area contributed by atoms with Crippen molar-refractivity contribution < 1.29 is 4.39 Å². The Morgan fingerprint density at radius 2 is 2.16 bits per heavy atom. The van der Waals surface area contributed by atoms with E-state index in [0.717, 1.165) is 23.1 Å². The Hall–Kier alpha value is -0.450. The first-order chi connectivity index (χ1) is 8.99. The lowest BCUT2D eigenvalue weighted by Gasteiger charge is -2.38. The zero-order chi connectivity index (χ0) is 14.0. The van der Waals surface area contributed by atoms with Crippen molar-refractivity contribution in [3.05, 3.63) is 34.1 Å². The van der Waals surface area contributed by atoms with E-state index in [-0.39, 0.29) is 17.9 Å². The molecule has 1 heterocycles. The van der Waals surface area contributed by atoms with Crippen LogP contribution in [0.25, 0.3) is 0 Å². The second-order valence-corrected chi connectivity index (χ2v) is 6.45. The third-order valence-corrected chi connectivity index (χ3v) is 4.88. The van der Waals surface area contributed by atoms with E-state index >= 15 is 0 Å². The maximum absolute atomic E-state index is 13.2. The highest BCUT2D eigenvalue weighted by Crippen LogP contribution is 2.31. The van der Waals surface area contributed by atoms with Crippen LogP contribution in [0.15, 0.2) is 22.7 Å². The van der Waals surface area contributed by atoms with E-state index in [9.17, 15) is 4.39 Å². The van der Waals surface area contributed by atoms with Gasteiger partial charge in [-0.05, 0) is 56.8 Å². The highest BCUT2D eigenvalue weighted by Gasteiger charge is 2.27. The van der Waals surface area contributed by atoms with Crippen LogP contribution in [0.4, 0.5) is 4.39 Å². The van der Waals surface area contributed by atoms with Gasteiger partial charge in [0.25, 0.3) is 0 Å². The predicted octanol–water partition coefficient (Wildman–Crippen LogP) is 3.71. The normalized spacial score (nSPS) is 24.2. The molecule has 0 aromatic heterocycles. The van der Waals surface area contributed by atoms with Gasteiger partial charge in [0.1, 0.15) is 5.82 Å². The summed E-state index contributed by atoms with van der Waals surface area (Å²) in [6.07, 6.45) is 2.40. The number of rotatable bonds is 3. The molecule has 2 N–H and O–H groups in total. The van der Waals surface area contributed by atoms with Crippen molar-refractivity contribution in [3.63, 3.8) is 0 Å². The van der Waals surface area contributed by atoms with Crippen LogP contribution < -0.4 is 5.73 Å². The molecule has 19 heavy (non-hydrogen) atoms. The van der Waals surface area contributed by atoms with Gasteiger partial charge >= 0.3 is 0 Å². The third kappa shape index (κ3) is 3.56. The SMILES string of the molecule is CC(N)C1CCCN(C(C)c2ccc(F)cc2Br)C1. The molecule has 3 atom stereocenters. The van der Waals surface area contributed by atoms with Crippen LogP contribution in [-0.2, 0) is 0 Å². The molecular formula is C15H22BrFN2. The van der Waals surface area contributed by atoms with Gasteiger partial charge in [0.15, 0.2) is 0 Å².